The maximum absolute atomic E-state index is 10.4. The van der Waals surface area contributed by atoms with Gasteiger partial charge in [-0.3, -0.25) is 4.79 Å². The van der Waals surface area contributed by atoms with Crippen LogP contribution < -0.4 is 0 Å². The van der Waals surface area contributed by atoms with Crippen LogP contribution in [0.25, 0.3) is 0 Å². The average Bonchev–Trinajstić information content (AvgIpc) is 1.67. The normalized spacial score (nSPS) is 10.9. The minimum atomic E-state index is -1.15. The molecule has 0 aliphatic rings. The molecule has 0 aromatic heterocycles. The van der Waals surface area contributed by atoms with Gasteiger partial charge in [0.2, 0.25) is 0 Å². The zero-order chi connectivity index (χ0) is 6.78. The highest BCUT2D eigenvalue weighted by Crippen LogP contribution is 2.23. The molecule has 0 spiro atoms. The number of hydrogen-bond donors (Lipinski definition) is 0. The fourth-order valence-electron chi connectivity index (χ4n) is 0.0830. The van der Waals surface area contributed by atoms with Crippen LogP contribution in [-0.4, -0.2) is 15.3 Å². The molecule has 0 heterocycles. The number of ketones is 1. The molecule has 0 bridgehead atoms. The van der Waals surface area contributed by atoms with Crippen molar-refractivity contribution in [1.82, 2.24) is 0 Å². The summed E-state index contributed by atoms with van der Waals surface area (Å²) in [5, 5.41) is 0. The van der Waals surface area contributed by atoms with E-state index in [9.17, 15) is 9.59 Å². The molecule has 0 atom stereocenters. The number of carbonyl (C=O) groups is 2. The predicted molar refractivity (Wildman–Crippen MR) is 37.3 cm³/mol. The van der Waals surface area contributed by atoms with Gasteiger partial charge in [0.1, 0.15) is 0 Å². The molecule has 0 aromatic carbocycles. The number of rotatable bonds is 2. The molecule has 2 nitrogen and oxygen atoms in total. The molecule has 0 saturated heterocycles. The van der Waals surface area contributed by atoms with Gasteiger partial charge in [-0.2, -0.15) is 0 Å². The number of carbonyl (C=O) groups excluding carboxylic acids is 2. The first-order valence-electron chi connectivity index (χ1n) is 1.86. The molecular formula is C4H4Br2O2. The molecule has 0 rings (SSSR count). The molecule has 46 valence electrons. The van der Waals surface area contributed by atoms with E-state index in [0.29, 0.717) is 6.29 Å². The molecule has 0 fully saturated rings. The lowest BCUT2D eigenvalue weighted by Crippen LogP contribution is -2.22. The van der Waals surface area contributed by atoms with Crippen LogP contribution in [0.3, 0.4) is 0 Å². The van der Waals surface area contributed by atoms with Gasteiger partial charge in [-0.25, -0.2) is 0 Å². The zero-order valence-electron chi connectivity index (χ0n) is 4.15. The number of halogens is 2. The Kier molecular flexibility index (Phi) is 2.83. The van der Waals surface area contributed by atoms with Crippen LogP contribution in [0.1, 0.15) is 6.92 Å². The Labute approximate surface area is 63.9 Å². The van der Waals surface area contributed by atoms with E-state index in [1.807, 2.05) is 0 Å². The Morgan fingerprint density at radius 3 is 2.00 bits per heavy atom. The van der Waals surface area contributed by atoms with Gasteiger partial charge in [-0.1, -0.05) is 31.9 Å². The maximum Gasteiger partial charge on any atom is 0.193 e. The van der Waals surface area contributed by atoms with Crippen LogP contribution in [0.15, 0.2) is 0 Å². The van der Waals surface area contributed by atoms with Crippen LogP contribution in [0, 0.1) is 0 Å². The molecule has 0 radical (unpaired) electrons. The van der Waals surface area contributed by atoms with Crippen molar-refractivity contribution < 1.29 is 9.59 Å². The van der Waals surface area contributed by atoms with E-state index in [-0.39, 0.29) is 5.78 Å². The first-order valence-corrected chi connectivity index (χ1v) is 3.44. The number of Topliss-reactive ketones (excluding diaryl/α,β-unsaturated/α-hetero) is 1. The summed E-state index contributed by atoms with van der Waals surface area (Å²) in [5.74, 6) is -0.257. The van der Waals surface area contributed by atoms with Gasteiger partial charge in [0.15, 0.2) is 15.3 Å². The van der Waals surface area contributed by atoms with Gasteiger partial charge in [0.25, 0.3) is 0 Å². The first kappa shape index (κ1) is 8.30. The summed E-state index contributed by atoms with van der Waals surface area (Å²) >= 11 is 5.69. The molecule has 4 heteroatoms. The number of alkyl halides is 2. The summed E-state index contributed by atoms with van der Waals surface area (Å²) in [6.07, 6.45) is 0.495. The quantitative estimate of drug-likeness (QED) is 0.416. The van der Waals surface area contributed by atoms with Crippen LogP contribution >= 0.6 is 31.9 Å². The Bertz CT molecular complexity index is 119. The predicted octanol–water partition coefficient (Wildman–Crippen LogP) is 1.26. The van der Waals surface area contributed by atoms with E-state index in [2.05, 4.69) is 31.9 Å². The van der Waals surface area contributed by atoms with Crippen molar-refractivity contribution in [2.24, 2.45) is 0 Å². The summed E-state index contributed by atoms with van der Waals surface area (Å²) in [6.45, 7) is 1.32. The molecule has 0 aliphatic heterocycles. The lowest BCUT2D eigenvalue weighted by Gasteiger charge is -2.04. The van der Waals surface area contributed by atoms with Crippen molar-refractivity contribution >= 4 is 43.9 Å². The molecule has 0 saturated carbocycles. The van der Waals surface area contributed by atoms with Crippen LogP contribution in [-0.2, 0) is 9.59 Å². The highest BCUT2D eigenvalue weighted by atomic mass is 79.9. The lowest BCUT2D eigenvalue weighted by atomic mass is 10.3. The lowest BCUT2D eigenvalue weighted by molar-refractivity contribution is -0.120. The zero-order valence-corrected chi connectivity index (χ0v) is 7.32. The smallest absolute Gasteiger partial charge is 0.193 e. The van der Waals surface area contributed by atoms with E-state index in [4.69, 9.17) is 0 Å². The number of hydrogen-bond acceptors (Lipinski definition) is 2. The van der Waals surface area contributed by atoms with Crippen molar-refractivity contribution in [3.8, 4) is 0 Å². The largest absolute Gasteiger partial charge is 0.300 e. The fraction of sp³-hybridized carbons (Fsp3) is 0.500. The van der Waals surface area contributed by atoms with Crippen molar-refractivity contribution in [3.63, 3.8) is 0 Å². The molecule has 0 amide bonds. The SMILES string of the molecule is CC(=O)C(Br)(Br)C=O. The summed E-state index contributed by atoms with van der Waals surface area (Å²) in [5.41, 5.74) is 0. The molecule has 0 aliphatic carbocycles. The van der Waals surface area contributed by atoms with Gasteiger partial charge in [0, 0.05) is 0 Å². The summed E-state index contributed by atoms with van der Waals surface area (Å²) in [6, 6.07) is 0. The van der Waals surface area contributed by atoms with E-state index < -0.39 is 3.23 Å². The van der Waals surface area contributed by atoms with Gasteiger partial charge >= 0.3 is 0 Å². The Hall–Kier alpha value is 0.300. The average molecular weight is 244 g/mol. The third kappa shape index (κ3) is 2.05. The van der Waals surface area contributed by atoms with Crippen molar-refractivity contribution in [1.29, 1.82) is 0 Å². The topological polar surface area (TPSA) is 34.1 Å². The minimum absolute atomic E-state index is 0.257. The van der Waals surface area contributed by atoms with Crippen molar-refractivity contribution in [2.45, 2.75) is 10.2 Å². The van der Waals surface area contributed by atoms with E-state index >= 15 is 0 Å². The van der Waals surface area contributed by atoms with E-state index in [1.54, 1.807) is 0 Å². The second-order valence-corrected chi connectivity index (χ2v) is 4.86. The molecule has 8 heavy (non-hydrogen) atoms. The molecule has 0 aromatic rings. The molecule has 0 N–H and O–H groups in total. The Morgan fingerprint density at radius 2 is 2.00 bits per heavy atom. The fourth-order valence-corrected chi connectivity index (χ4v) is 0.0830. The Morgan fingerprint density at radius 1 is 1.62 bits per heavy atom. The summed E-state index contributed by atoms with van der Waals surface area (Å²) in [7, 11) is 0. The van der Waals surface area contributed by atoms with Crippen LogP contribution in [0.4, 0.5) is 0 Å². The molecular weight excluding hydrogens is 240 g/mol. The third-order valence-electron chi connectivity index (χ3n) is 0.617. The third-order valence-corrected chi connectivity index (χ3v) is 2.11. The van der Waals surface area contributed by atoms with Crippen LogP contribution in [0.2, 0.25) is 0 Å². The molecule has 0 unspecified atom stereocenters. The van der Waals surface area contributed by atoms with Gasteiger partial charge in [-0.05, 0) is 6.92 Å². The standard InChI is InChI=1S/C4H4Br2O2/c1-3(8)4(5,6)2-7/h2H,1H3. The highest BCUT2D eigenvalue weighted by molar-refractivity contribution is 9.26. The van der Waals surface area contributed by atoms with Gasteiger partial charge in [-0.15, -0.1) is 0 Å². The van der Waals surface area contributed by atoms with Crippen molar-refractivity contribution in [3.05, 3.63) is 0 Å². The first-order chi connectivity index (χ1) is 3.50. The second kappa shape index (κ2) is 2.73. The minimum Gasteiger partial charge on any atom is -0.300 e. The monoisotopic (exact) mass is 242 g/mol. The van der Waals surface area contributed by atoms with Gasteiger partial charge < -0.3 is 4.79 Å². The number of aldehydes is 1. The van der Waals surface area contributed by atoms with Gasteiger partial charge in [0.05, 0.1) is 0 Å². The van der Waals surface area contributed by atoms with Crippen LogP contribution in [0.5, 0.6) is 0 Å². The maximum atomic E-state index is 10.4. The van der Waals surface area contributed by atoms with E-state index in [0.717, 1.165) is 0 Å². The summed E-state index contributed by atoms with van der Waals surface area (Å²) in [4.78, 5) is 20.3. The Balaban J connectivity index is 4.12. The second-order valence-electron chi connectivity index (χ2n) is 1.30. The highest BCUT2D eigenvalue weighted by Gasteiger charge is 2.27. The van der Waals surface area contributed by atoms with Crippen molar-refractivity contribution in [2.75, 3.05) is 0 Å². The van der Waals surface area contributed by atoms with E-state index in [1.165, 1.54) is 6.92 Å². The summed E-state index contributed by atoms with van der Waals surface area (Å²) < 4.78 is -1.15.